The second-order valence-electron chi connectivity index (χ2n) is 5.03. The SMILES string of the molecule is CCc1ccc(-c2csc(Nc3ccccc3C)n2)cc1. The molecule has 1 heterocycles. The zero-order valence-electron chi connectivity index (χ0n) is 12.3. The summed E-state index contributed by atoms with van der Waals surface area (Å²) in [6, 6.07) is 16.9. The zero-order valence-corrected chi connectivity index (χ0v) is 13.1. The van der Waals surface area contributed by atoms with Crippen molar-refractivity contribution in [2.45, 2.75) is 20.3 Å². The van der Waals surface area contributed by atoms with E-state index in [1.807, 2.05) is 12.1 Å². The van der Waals surface area contributed by atoms with Crippen LogP contribution >= 0.6 is 11.3 Å². The van der Waals surface area contributed by atoms with Crippen LogP contribution in [0.15, 0.2) is 53.9 Å². The quantitative estimate of drug-likeness (QED) is 0.694. The minimum atomic E-state index is 0.930. The number of nitrogens with zero attached hydrogens (tertiary/aromatic N) is 1. The van der Waals surface area contributed by atoms with Gasteiger partial charge in [0.15, 0.2) is 5.13 Å². The van der Waals surface area contributed by atoms with Gasteiger partial charge < -0.3 is 5.32 Å². The summed E-state index contributed by atoms with van der Waals surface area (Å²) in [6.07, 6.45) is 1.07. The van der Waals surface area contributed by atoms with Gasteiger partial charge in [-0.15, -0.1) is 11.3 Å². The number of para-hydroxylation sites is 1. The van der Waals surface area contributed by atoms with Gasteiger partial charge in [-0.3, -0.25) is 0 Å². The predicted octanol–water partition coefficient (Wildman–Crippen LogP) is 5.42. The molecule has 3 heteroatoms. The molecule has 1 aromatic heterocycles. The first-order chi connectivity index (χ1) is 10.3. The van der Waals surface area contributed by atoms with Crippen molar-refractivity contribution in [2.24, 2.45) is 0 Å². The van der Waals surface area contributed by atoms with Crippen molar-refractivity contribution >= 4 is 22.2 Å². The van der Waals surface area contributed by atoms with Gasteiger partial charge in [0.1, 0.15) is 0 Å². The molecule has 0 aliphatic rings. The van der Waals surface area contributed by atoms with Crippen LogP contribution in [0.3, 0.4) is 0 Å². The van der Waals surface area contributed by atoms with E-state index >= 15 is 0 Å². The van der Waals surface area contributed by atoms with E-state index in [1.165, 1.54) is 16.7 Å². The first-order valence-corrected chi connectivity index (χ1v) is 8.01. The molecule has 106 valence electrons. The molecule has 3 rings (SSSR count). The molecule has 0 spiro atoms. The Bertz CT molecular complexity index is 729. The maximum absolute atomic E-state index is 4.68. The maximum atomic E-state index is 4.68. The monoisotopic (exact) mass is 294 g/mol. The van der Waals surface area contributed by atoms with Crippen LogP contribution in [0.2, 0.25) is 0 Å². The Kier molecular flexibility index (Phi) is 4.02. The van der Waals surface area contributed by atoms with Crippen molar-refractivity contribution in [3.8, 4) is 11.3 Å². The highest BCUT2D eigenvalue weighted by Crippen LogP contribution is 2.28. The highest BCUT2D eigenvalue weighted by Gasteiger charge is 2.06. The van der Waals surface area contributed by atoms with Gasteiger partial charge in [0, 0.05) is 16.6 Å². The molecular formula is C18H18N2S. The van der Waals surface area contributed by atoms with E-state index < -0.39 is 0 Å². The summed E-state index contributed by atoms with van der Waals surface area (Å²) >= 11 is 1.64. The molecule has 2 nitrogen and oxygen atoms in total. The van der Waals surface area contributed by atoms with Crippen molar-refractivity contribution in [3.05, 3.63) is 65.0 Å². The summed E-state index contributed by atoms with van der Waals surface area (Å²) in [7, 11) is 0. The normalized spacial score (nSPS) is 10.6. The fraction of sp³-hybridized carbons (Fsp3) is 0.167. The Labute approximate surface area is 129 Å². The largest absolute Gasteiger partial charge is 0.331 e. The van der Waals surface area contributed by atoms with Crippen LogP contribution in [0.5, 0.6) is 0 Å². The van der Waals surface area contributed by atoms with Crippen molar-refractivity contribution in [1.82, 2.24) is 4.98 Å². The third-order valence-corrected chi connectivity index (χ3v) is 4.31. The maximum Gasteiger partial charge on any atom is 0.187 e. The van der Waals surface area contributed by atoms with Gasteiger partial charge in [-0.05, 0) is 30.5 Å². The minimum absolute atomic E-state index is 0.930. The fourth-order valence-electron chi connectivity index (χ4n) is 2.20. The molecule has 21 heavy (non-hydrogen) atoms. The average Bonchev–Trinajstić information content (AvgIpc) is 2.98. The lowest BCUT2D eigenvalue weighted by molar-refractivity contribution is 1.14. The number of thiazole rings is 1. The predicted molar refractivity (Wildman–Crippen MR) is 91.4 cm³/mol. The average molecular weight is 294 g/mol. The summed E-state index contributed by atoms with van der Waals surface area (Å²) in [4.78, 5) is 4.68. The lowest BCUT2D eigenvalue weighted by Crippen LogP contribution is -1.92. The Morgan fingerprint density at radius 3 is 2.52 bits per heavy atom. The number of nitrogens with one attached hydrogen (secondary N) is 1. The molecule has 0 unspecified atom stereocenters. The summed E-state index contributed by atoms with van der Waals surface area (Å²) < 4.78 is 0. The van der Waals surface area contributed by atoms with Crippen LogP contribution < -0.4 is 5.32 Å². The molecule has 0 atom stereocenters. The second-order valence-corrected chi connectivity index (χ2v) is 5.89. The number of aromatic nitrogens is 1. The Morgan fingerprint density at radius 2 is 1.81 bits per heavy atom. The van der Waals surface area contributed by atoms with E-state index in [-0.39, 0.29) is 0 Å². The first kappa shape index (κ1) is 13.8. The Hall–Kier alpha value is -2.13. The number of anilines is 2. The molecular weight excluding hydrogens is 276 g/mol. The molecule has 2 aromatic carbocycles. The topological polar surface area (TPSA) is 24.9 Å². The summed E-state index contributed by atoms with van der Waals surface area (Å²) in [5, 5.41) is 6.42. The molecule has 0 saturated heterocycles. The van der Waals surface area contributed by atoms with Gasteiger partial charge in [-0.25, -0.2) is 4.98 Å². The number of hydrogen-bond acceptors (Lipinski definition) is 3. The summed E-state index contributed by atoms with van der Waals surface area (Å²) in [5.41, 5.74) is 5.88. The van der Waals surface area contributed by atoms with E-state index in [2.05, 4.69) is 65.9 Å². The zero-order chi connectivity index (χ0) is 14.7. The van der Waals surface area contributed by atoms with Crippen molar-refractivity contribution < 1.29 is 0 Å². The van der Waals surface area contributed by atoms with Gasteiger partial charge in [-0.2, -0.15) is 0 Å². The van der Waals surface area contributed by atoms with E-state index in [4.69, 9.17) is 0 Å². The molecule has 0 amide bonds. The Morgan fingerprint density at radius 1 is 1.05 bits per heavy atom. The third-order valence-electron chi connectivity index (χ3n) is 3.55. The van der Waals surface area contributed by atoms with Gasteiger partial charge in [0.2, 0.25) is 0 Å². The molecule has 0 aliphatic heterocycles. The lowest BCUT2D eigenvalue weighted by atomic mass is 10.1. The van der Waals surface area contributed by atoms with Gasteiger partial charge >= 0.3 is 0 Å². The summed E-state index contributed by atoms with van der Waals surface area (Å²) in [5.74, 6) is 0. The van der Waals surface area contributed by atoms with Crippen LogP contribution in [0, 0.1) is 6.92 Å². The van der Waals surface area contributed by atoms with Crippen LogP contribution in [-0.4, -0.2) is 4.98 Å². The van der Waals surface area contributed by atoms with Crippen LogP contribution in [0.1, 0.15) is 18.1 Å². The van der Waals surface area contributed by atoms with Crippen molar-refractivity contribution in [3.63, 3.8) is 0 Å². The lowest BCUT2D eigenvalue weighted by Gasteiger charge is -2.05. The van der Waals surface area contributed by atoms with Crippen LogP contribution in [-0.2, 0) is 6.42 Å². The molecule has 0 bridgehead atoms. The highest BCUT2D eigenvalue weighted by molar-refractivity contribution is 7.14. The first-order valence-electron chi connectivity index (χ1n) is 7.14. The molecule has 0 saturated carbocycles. The molecule has 1 N–H and O–H groups in total. The van der Waals surface area contributed by atoms with E-state index in [0.29, 0.717) is 0 Å². The van der Waals surface area contributed by atoms with Crippen molar-refractivity contribution in [2.75, 3.05) is 5.32 Å². The fourth-order valence-corrected chi connectivity index (χ4v) is 2.94. The number of aryl methyl sites for hydroxylation is 2. The van der Waals surface area contributed by atoms with Crippen LogP contribution in [0.4, 0.5) is 10.8 Å². The smallest absolute Gasteiger partial charge is 0.187 e. The van der Waals surface area contributed by atoms with Gasteiger partial charge in [0.05, 0.1) is 5.69 Å². The number of hydrogen-bond donors (Lipinski definition) is 1. The number of rotatable bonds is 4. The van der Waals surface area contributed by atoms with Gasteiger partial charge in [0.25, 0.3) is 0 Å². The molecule has 3 aromatic rings. The second kappa shape index (κ2) is 6.10. The van der Waals surface area contributed by atoms with E-state index in [1.54, 1.807) is 11.3 Å². The third kappa shape index (κ3) is 3.14. The molecule has 0 radical (unpaired) electrons. The minimum Gasteiger partial charge on any atom is -0.331 e. The van der Waals surface area contributed by atoms with Gasteiger partial charge in [-0.1, -0.05) is 49.4 Å². The molecule has 0 aliphatic carbocycles. The molecule has 0 fully saturated rings. The summed E-state index contributed by atoms with van der Waals surface area (Å²) in [6.45, 7) is 4.27. The van der Waals surface area contributed by atoms with Crippen LogP contribution in [0.25, 0.3) is 11.3 Å². The Balaban J connectivity index is 1.81. The van der Waals surface area contributed by atoms with E-state index in [0.717, 1.165) is 22.9 Å². The van der Waals surface area contributed by atoms with E-state index in [9.17, 15) is 0 Å². The standard InChI is InChI=1S/C18H18N2S/c1-3-14-8-10-15(11-9-14)17-12-21-18(20-17)19-16-7-5-4-6-13(16)2/h4-12H,3H2,1-2H3,(H,19,20). The highest BCUT2D eigenvalue weighted by atomic mass is 32.1. The number of benzene rings is 2. The van der Waals surface area contributed by atoms with Crippen molar-refractivity contribution in [1.29, 1.82) is 0 Å².